The molecule has 4 rings (SSSR count). The Hall–Kier alpha value is -2.45. The smallest absolute Gasteiger partial charge is 0.225 e. The Morgan fingerprint density at radius 1 is 1.21 bits per heavy atom. The van der Waals surface area contributed by atoms with Crippen LogP contribution in [0.5, 0.6) is 0 Å². The van der Waals surface area contributed by atoms with Gasteiger partial charge in [0.05, 0.1) is 0 Å². The maximum atomic E-state index is 12.2. The lowest BCUT2D eigenvalue weighted by molar-refractivity contribution is -0.115. The van der Waals surface area contributed by atoms with Crippen LogP contribution in [0, 0.1) is 0 Å². The minimum absolute atomic E-state index is 0.0116. The molecule has 2 heterocycles. The van der Waals surface area contributed by atoms with E-state index in [1.54, 1.807) is 47.4 Å². The highest BCUT2D eigenvalue weighted by Gasteiger charge is 2.29. The summed E-state index contributed by atoms with van der Waals surface area (Å²) in [5.74, 6) is 1.61. The summed E-state index contributed by atoms with van der Waals surface area (Å²) in [5, 5.41) is 14.6. The van der Waals surface area contributed by atoms with Crippen LogP contribution in [0.2, 0.25) is 0 Å². The molecule has 0 radical (unpaired) electrons. The van der Waals surface area contributed by atoms with Gasteiger partial charge in [0, 0.05) is 40.8 Å². The molecule has 6 nitrogen and oxygen atoms in total. The standard InChI is InChI=1S/C21H22N4O2S2/c1-14(26)15-4-6-16(7-5-15)22-20(27)10-12-29-21-24-23-19(25(21)17-8-9-17)13-18-3-2-11-28-18/h2-7,11,17H,8-10,12-13H2,1H3,(H,22,27). The molecule has 0 bridgehead atoms. The molecule has 8 heteroatoms. The van der Waals surface area contributed by atoms with Gasteiger partial charge in [0.1, 0.15) is 5.82 Å². The highest BCUT2D eigenvalue weighted by molar-refractivity contribution is 7.99. The number of thioether (sulfide) groups is 1. The summed E-state index contributed by atoms with van der Waals surface area (Å²) in [4.78, 5) is 24.8. The van der Waals surface area contributed by atoms with Gasteiger partial charge < -0.3 is 9.88 Å². The molecule has 1 aromatic carbocycles. The molecule has 0 aliphatic heterocycles. The van der Waals surface area contributed by atoms with Gasteiger partial charge in [-0.05, 0) is 55.5 Å². The van der Waals surface area contributed by atoms with E-state index >= 15 is 0 Å². The van der Waals surface area contributed by atoms with Crippen LogP contribution in [0.25, 0.3) is 0 Å². The van der Waals surface area contributed by atoms with Crippen molar-refractivity contribution in [1.29, 1.82) is 0 Å². The molecule has 0 spiro atoms. The fourth-order valence-electron chi connectivity index (χ4n) is 3.04. The first-order valence-corrected chi connectivity index (χ1v) is 11.5. The van der Waals surface area contributed by atoms with Crippen molar-refractivity contribution in [3.63, 3.8) is 0 Å². The minimum atomic E-state index is -0.0515. The quantitative estimate of drug-likeness (QED) is 0.400. The number of anilines is 1. The van der Waals surface area contributed by atoms with Gasteiger partial charge in [0.2, 0.25) is 5.91 Å². The Bertz CT molecular complexity index is 992. The van der Waals surface area contributed by atoms with Gasteiger partial charge in [-0.25, -0.2) is 0 Å². The van der Waals surface area contributed by atoms with Crippen LogP contribution in [0.3, 0.4) is 0 Å². The average molecular weight is 427 g/mol. The zero-order valence-corrected chi connectivity index (χ0v) is 17.8. The highest BCUT2D eigenvalue weighted by Crippen LogP contribution is 2.39. The normalized spacial score (nSPS) is 13.4. The van der Waals surface area contributed by atoms with E-state index in [1.165, 1.54) is 24.6 Å². The lowest BCUT2D eigenvalue weighted by Crippen LogP contribution is -2.12. The average Bonchev–Trinajstić information content (AvgIpc) is 3.26. The molecule has 3 aromatic rings. The van der Waals surface area contributed by atoms with Crippen LogP contribution in [0.1, 0.15) is 53.3 Å². The second-order valence-corrected chi connectivity index (χ2v) is 9.13. The number of hydrogen-bond acceptors (Lipinski definition) is 6. The summed E-state index contributed by atoms with van der Waals surface area (Å²) in [7, 11) is 0. The molecule has 2 aromatic heterocycles. The molecule has 1 fully saturated rings. The highest BCUT2D eigenvalue weighted by atomic mass is 32.2. The number of hydrogen-bond donors (Lipinski definition) is 1. The number of ketones is 1. The number of Topliss-reactive ketones (excluding diaryl/α,β-unsaturated/α-hetero) is 1. The molecule has 150 valence electrons. The van der Waals surface area contributed by atoms with E-state index in [-0.39, 0.29) is 11.7 Å². The van der Waals surface area contributed by atoms with Crippen molar-refractivity contribution in [2.45, 2.75) is 43.8 Å². The molecule has 1 saturated carbocycles. The Morgan fingerprint density at radius 3 is 2.66 bits per heavy atom. The second kappa shape index (κ2) is 8.92. The molecular weight excluding hydrogens is 404 g/mol. The first-order chi connectivity index (χ1) is 14.1. The number of nitrogens with one attached hydrogen (secondary N) is 1. The number of nitrogens with zero attached hydrogens (tertiary/aromatic N) is 3. The molecular formula is C21H22N4O2S2. The molecule has 1 amide bonds. The van der Waals surface area contributed by atoms with Gasteiger partial charge in [-0.2, -0.15) is 0 Å². The van der Waals surface area contributed by atoms with Crippen molar-refractivity contribution < 1.29 is 9.59 Å². The second-order valence-electron chi connectivity index (χ2n) is 7.04. The number of carbonyl (C=O) groups is 2. The summed E-state index contributed by atoms with van der Waals surface area (Å²) in [6.07, 6.45) is 3.52. The van der Waals surface area contributed by atoms with Crippen molar-refractivity contribution >= 4 is 40.5 Å². The zero-order chi connectivity index (χ0) is 20.2. The fourth-order valence-corrected chi connectivity index (χ4v) is 4.71. The Balaban J connectivity index is 1.31. The number of aromatic nitrogens is 3. The predicted molar refractivity (Wildman–Crippen MR) is 116 cm³/mol. The third kappa shape index (κ3) is 5.13. The summed E-state index contributed by atoms with van der Waals surface area (Å²) in [6.45, 7) is 1.52. The van der Waals surface area contributed by atoms with Crippen LogP contribution >= 0.6 is 23.1 Å². The first-order valence-electron chi connectivity index (χ1n) is 9.60. The van der Waals surface area contributed by atoms with Crippen molar-refractivity contribution in [1.82, 2.24) is 14.8 Å². The lowest BCUT2D eigenvalue weighted by atomic mass is 10.1. The number of amides is 1. The van der Waals surface area contributed by atoms with Gasteiger partial charge in [0.15, 0.2) is 10.9 Å². The van der Waals surface area contributed by atoms with E-state index in [0.29, 0.717) is 29.5 Å². The fraction of sp³-hybridized carbons (Fsp3) is 0.333. The predicted octanol–water partition coefficient (Wildman–Crippen LogP) is 4.59. The number of thiophene rings is 1. The van der Waals surface area contributed by atoms with Crippen molar-refractivity contribution in [2.75, 3.05) is 11.1 Å². The largest absolute Gasteiger partial charge is 0.326 e. The summed E-state index contributed by atoms with van der Waals surface area (Å²) in [6, 6.07) is 11.6. The van der Waals surface area contributed by atoms with Gasteiger partial charge in [-0.3, -0.25) is 9.59 Å². The van der Waals surface area contributed by atoms with Crippen LogP contribution in [0.15, 0.2) is 46.9 Å². The summed E-state index contributed by atoms with van der Waals surface area (Å²) >= 11 is 3.31. The minimum Gasteiger partial charge on any atom is -0.326 e. The zero-order valence-electron chi connectivity index (χ0n) is 16.1. The van der Waals surface area contributed by atoms with Crippen LogP contribution < -0.4 is 5.32 Å². The van der Waals surface area contributed by atoms with Gasteiger partial charge in [-0.1, -0.05) is 17.8 Å². The van der Waals surface area contributed by atoms with Gasteiger partial charge in [-0.15, -0.1) is 21.5 Å². The van der Waals surface area contributed by atoms with Gasteiger partial charge >= 0.3 is 0 Å². The van der Waals surface area contributed by atoms with E-state index in [2.05, 4.69) is 37.6 Å². The molecule has 0 atom stereocenters. The SMILES string of the molecule is CC(=O)c1ccc(NC(=O)CCSc2nnc(Cc3cccs3)n2C2CC2)cc1. The van der Waals surface area contributed by atoms with Crippen molar-refractivity contribution in [3.05, 3.63) is 58.0 Å². The van der Waals surface area contributed by atoms with Crippen LogP contribution in [-0.2, 0) is 11.2 Å². The molecule has 0 saturated heterocycles. The van der Waals surface area contributed by atoms with Crippen molar-refractivity contribution in [2.24, 2.45) is 0 Å². The maximum absolute atomic E-state index is 12.2. The molecule has 1 aliphatic carbocycles. The Labute approximate surface area is 177 Å². The van der Waals surface area contributed by atoms with E-state index in [4.69, 9.17) is 0 Å². The van der Waals surface area contributed by atoms with Crippen molar-refractivity contribution in [3.8, 4) is 0 Å². The number of carbonyl (C=O) groups excluding carboxylic acids is 2. The molecule has 1 aliphatic rings. The Kier molecular flexibility index (Phi) is 6.10. The number of rotatable bonds is 9. The monoisotopic (exact) mass is 426 g/mol. The Morgan fingerprint density at radius 2 is 2.00 bits per heavy atom. The van der Waals surface area contributed by atoms with Crippen LogP contribution in [-0.4, -0.2) is 32.2 Å². The molecule has 0 unspecified atom stereocenters. The number of benzene rings is 1. The molecule has 29 heavy (non-hydrogen) atoms. The van der Waals surface area contributed by atoms with E-state index < -0.39 is 0 Å². The van der Waals surface area contributed by atoms with E-state index in [0.717, 1.165) is 17.4 Å². The van der Waals surface area contributed by atoms with E-state index in [1.807, 2.05) is 0 Å². The third-order valence-corrected chi connectivity index (χ3v) is 6.52. The van der Waals surface area contributed by atoms with Crippen LogP contribution in [0.4, 0.5) is 5.69 Å². The molecule has 1 N–H and O–H groups in total. The summed E-state index contributed by atoms with van der Waals surface area (Å²) < 4.78 is 2.25. The third-order valence-electron chi connectivity index (χ3n) is 4.70. The lowest BCUT2D eigenvalue weighted by Gasteiger charge is -2.08. The van der Waals surface area contributed by atoms with Gasteiger partial charge in [0.25, 0.3) is 0 Å². The maximum Gasteiger partial charge on any atom is 0.225 e. The first kappa shape index (κ1) is 19.8. The summed E-state index contributed by atoms with van der Waals surface area (Å²) in [5.41, 5.74) is 1.33. The van der Waals surface area contributed by atoms with E-state index in [9.17, 15) is 9.59 Å². The topological polar surface area (TPSA) is 76.9 Å².